The fraction of sp³-hybridized carbons (Fsp3) is 0.471. The molecule has 0 aromatic heterocycles. The minimum absolute atomic E-state index is 0.0421. The molecule has 2 aliphatic rings. The molecule has 24 heavy (non-hydrogen) atoms. The van der Waals surface area contributed by atoms with E-state index in [0.717, 1.165) is 37.9 Å². The fourth-order valence-corrected chi connectivity index (χ4v) is 3.95. The number of benzene rings is 1. The topological polar surface area (TPSA) is 87.3 Å². The van der Waals surface area contributed by atoms with E-state index in [-0.39, 0.29) is 16.8 Å². The van der Waals surface area contributed by atoms with Crippen LogP contribution >= 0.6 is 0 Å². The van der Waals surface area contributed by atoms with E-state index in [1.807, 2.05) is 6.92 Å². The van der Waals surface area contributed by atoms with Crippen LogP contribution < -0.4 is 15.4 Å². The first-order valence-corrected chi connectivity index (χ1v) is 9.74. The summed E-state index contributed by atoms with van der Waals surface area (Å²) in [4.78, 5) is 12.6. The van der Waals surface area contributed by atoms with E-state index in [0.29, 0.717) is 12.1 Å². The van der Waals surface area contributed by atoms with Gasteiger partial charge in [-0.1, -0.05) is 17.7 Å². The van der Waals surface area contributed by atoms with Crippen molar-refractivity contribution in [2.45, 2.75) is 37.1 Å². The Morgan fingerprint density at radius 1 is 1.33 bits per heavy atom. The van der Waals surface area contributed by atoms with Gasteiger partial charge in [0, 0.05) is 24.7 Å². The van der Waals surface area contributed by atoms with Gasteiger partial charge in [-0.3, -0.25) is 4.79 Å². The van der Waals surface area contributed by atoms with Crippen LogP contribution in [0.4, 0.5) is 0 Å². The van der Waals surface area contributed by atoms with Crippen molar-refractivity contribution in [3.05, 3.63) is 41.0 Å². The zero-order chi connectivity index (χ0) is 17.2. The molecule has 7 heteroatoms. The van der Waals surface area contributed by atoms with Crippen LogP contribution in [0.25, 0.3) is 0 Å². The zero-order valence-electron chi connectivity index (χ0n) is 13.8. The van der Waals surface area contributed by atoms with Crippen LogP contribution in [0.2, 0.25) is 0 Å². The summed E-state index contributed by atoms with van der Waals surface area (Å²) < 4.78 is 27.3. The number of hydrogen-bond acceptors (Lipinski definition) is 4. The molecule has 1 aromatic carbocycles. The van der Waals surface area contributed by atoms with Crippen molar-refractivity contribution in [3.63, 3.8) is 0 Å². The van der Waals surface area contributed by atoms with Gasteiger partial charge in [-0.25, -0.2) is 13.1 Å². The Morgan fingerprint density at radius 3 is 2.79 bits per heavy atom. The maximum Gasteiger partial charge on any atom is 0.251 e. The standard InChI is InChI=1S/C17H23N3O3S/c1-12-2-5-15(24(22,23)20-14-3-4-14)10-16(12)17(21)19-11-13-6-8-18-9-7-13/h2,5-6,10,14,18,20H,3-4,7-9,11H2,1H3,(H,19,21). The molecule has 1 aliphatic heterocycles. The van der Waals surface area contributed by atoms with E-state index in [2.05, 4.69) is 21.4 Å². The monoisotopic (exact) mass is 349 g/mol. The van der Waals surface area contributed by atoms with Gasteiger partial charge in [0.2, 0.25) is 10.0 Å². The third-order valence-corrected chi connectivity index (χ3v) is 5.82. The van der Waals surface area contributed by atoms with Gasteiger partial charge in [0.15, 0.2) is 0 Å². The van der Waals surface area contributed by atoms with Crippen LogP contribution in [0.3, 0.4) is 0 Å². The molecule has 1 fully saturated rings. The Kier molecular flexibility index (Phi) is 5.03. The quantitative estimate of drug-likeness (QED) is 0.671. The van der Waals surface area contributed by atoms with Gasteiger partial charge in [-0.2, -0.15) is 0 Å². The number of sulfonamides is 1. The van der Waals surface area contributed by atoms with Gasteiger partial charge in [0.1, 0.15) is 0 Å². The minimum Gasteiger partial charge on any atom is -0.348 e. The Morgan fingerprint density at radius 2 is 2.12 bits per heavy atom. The molecule has 3 rings (SSSR count). The molecule has 1 amide bonds. The van der Waals surface area contributed by atoms with E-state index in [1.54, 1.807) is 12.1 Å². The van der Waals surface area contributed by atoms with Gasteiger partial charge in [-0.15, -0.1) is 0 Å². The summed E-state index contributed by atoms with van der Waals surface area (Å²) in [7, 11) is -3.55. The van der Waals surface area contributed by atoms with Crippen molar-refractivity contribution in [1.29, 1.82) is 0 Å². The average Bonchev–Trinajstić information content (AvgIpc) is 3.37. The summed E-state index contributed by atoms with van der Waals surface area (Å²) in [5.41, 5.74) is 2.36. The first-order chi connectivity index (χ1) is 11.5. The largest absolute Gasteiger partial charge is 0.348 e. The number of aryl methyl sites for hydroxylation is 1. The van der Waals surface area contributed by atoms with Crippen molar-refractivity contribution in [2.24, 2.45) is 0 Å². The van der Waals surface area contributed by atoms with Crippen LogP contribution in [0, 0.1) is 6.92 Å². The summed E-state index contributed by atoms with van der Waals surface area (Å²) in [6.07, 6.45) is 4.75. The molecule has 0 spiro atoms. The zero-order valence-corrected chi connectivity index (χ0v) is 14.6. The lowest BCUT2D eigenvalue weighted by molar-refractivity contribution is 0.0956. The number of carbonyl (C=O) groups is 1. The van der Waals surface area contributed by atoms with E-state index < -0.39 is 10.0 Å². The number of rotatable bonds is 6. The van der Waals surface area contributed by atoms with Crippen molar-refractivity contribution in [2.75, 3.05) is 19.6 Å². The molecule has 3 N–H and O–H groups in total. The molecule has 0 unspecified atom stereocenters. The van der Waals surface area contributed by atoms with Crippen molar-refractivity contribution in [1.82, 2.24) is 15.4 Å². The number of nitrogens with one attached hydrogen (secondary N) is 3. The molecule has 0 radical (unpaired) electrons. The van der Waals surface area contributed by atoms with Crippen LogP contribution in [-0.4, -0.2) is 40.0 Å². The van der Waals surface area contributed by atoms with Crippen molar-refractivity contribution in [3.8, 4) is 0 Å². The van der Waals surface area contributed by atoms with Crippen molar-refractivity contribution >= 4 is 15.9 Å². The van der Waals surface area contributed by atoms with Gasteiger partial charge in [0.25, 0.3) is 5.91 Å². The summed E-state index contributed by atoms with van der Waals surface area (Å²) in [5.74, 6) is -0.240. The van der Waals surface area contributed by atoms with Crippen LogP contribution in [0.5, 0.6) is 0 Å². The molecular formula is C17H23N3O3S. The highest BCUT2D eigenvalue weighted by molar-refractivity contribution is 7.89. The van der Waals surface area contributed by atoms with E-state index >= 15 is 0 Å². The highest BCUT2D eigenvalue weighted by Gasteiger charge is 2.28. The summed E-state index contributed by atoms with van der Waals surface area (Å²) in [6, 6.07) is 4.74. The van der Waals surface area contributed by atoms with Gasteiger partial charge < -0.3 is 10.6 Å². The van der Waals surface area contributed by atoms with Gasteiger partial charge in [0.05, 0.1) is 4.90 Å². The summed E-state index contributed by atoms with van der Waals surface area (Å²) >= 11 is 0. The maximum absolute atomic E-state index is 12.5. The summed E-state index contributed by atoms with van der Waals surface area (Å²) in [5, 5.41) is 6.12. The predicted octanol–water partition coefficient (Wildman–Crippen LogP) is 1.09. The highest BCUT2D eigenvalue weighted by atomic mass is 32.2. The molecule has 1 aromatic rings. The second kappa shape index (κ2) is 7.04. The number of hydrogen-bond donors (Lipinski definition) is 3. The first kappa shape index (κ1) is 17.1. The lowest BCUT2D eigenvalue weighted by Gasteiger charge is -2.15. The van der Waals surface area contributed by atoms with E-state index in [1.165, 1.54) is 11.6 Å². The summed E-state index contributed by atoms with van der Waals surface area (Å²) in [6.45, 7) is 4.05. The minimum atomic E-state index is -3.55. The third-order valence-electron chi connectivity index (χ3n) is 4.30. The molecule has 0 atom stereocenters. The molecular weight excluding hydrogens is 326 g/mol. The van der Waals surface area contributed by atoms with Crippen LogP contribution in [0.1, 0.15) is 35.2 Å². The second-order valence-electron chi connectivity index (χ2n) is 6.37. The normalized spacial score (nSPS) is 18.1. The van der Waals surface area contributed by atoms with Crippen LogP contribution in [0.15, 0.2) is 34.7 Å². The first-order valence-electron chi connectivity index (χ1n) is 8.25. The molecule has 130 valence electrons. The fourth-order valence-electron chi connectivity index (χ4n) is 2.62. The van der Waals surface area contributed by atoms with Gasteiger partial charge in [-0.05, 0) is 50.4 Å². The van der Waals surface area contributed by atoms with Crippen molar-refractivity contribution < 1.29 is 13.2 Å². The molecule has 0 bridgehead atoms. The molecule has 1 saturated carbocycles. The molecule has 1 aliphatic carbocycles. The van der Waals surface area contributed by atoms with E-state index in [9.17, 15) is 13.2 Å². The lowest BCUT2D eigenvalue weighted by atomic mass is 10.1. The smallest absolute Gasteiger partial charge is 0.251 e. The maximum atomic E-state index is 12.5. The lowest BCUT2D eigenvalue weighted by Crippen LogP contribution is -2.30. The predicted molar refractivity (Wildman–Crippen MR) is 92.4 cm³/mol. The van der Waals surface area contributed by atoms with Crippen LogP contribution in [-0.2, 0) is 10.0 Å². The Bertz CT molecular complexity index is 767. The van der Waals surface area contributed by atoms with Gasteiger partial charge >= 0.3 is 0 Å². The Hall–Kier alpha value is -1.70. The second-order valence-corrected chi connectivity index (χ2v) is 8.09. The highest BCUT2D eigenvalue weighted by Crippen LogP contribution is 2.23. The molecule has 0 saturated heterocycles. The average molecular weight is 349 g/mol. The Balaban J connectivity index is 1.73. The Labute approximate surface area is 142 Å². The SMILES string of the molecule is Cc1ccc(S(=O)(=O)NC2CC2)cc1C(=O)NCC1=CCNCC1. The number of amides is 1. The third kappa shape index (κ3) is 4.23. The molecule has 6 nitrogen and oxygen atoms in total. The molecule has 1 heterocycles. The van der Waals surface area contributed by atoms with E-state index in [4.69, 9.17) is 0 Å². The number of carbonyl (C=O) groups excluding carboxylic acids is 1.